The fourth-order valence-corrected chi connectivity index (χ4v) is 2.38. The summed E-state index contributed by atoms with van der Waals surface area (Å²) >= 11 is 0. The van der Waals surface area contributed by atoms with E-state index in [0.717, 1.165) is 17.5 Å². The van der Waals surface area contributed by atoms with Gasteiger partial charge in [-0.05, 0) is 29.9 Å². The van der Waals surface area contributed by atoms with Crippen LogP contribution in [-0.4, -0.2) is 0 Å². The van der Waals surface area contributed by atoms with Gasteiger partial charge in [-0.2, -0.15) is 0 Å². The van der Waals surface area contributed by atoms with E-state index in [2.05, 4.69) is 0 Å². The molecule has 1 aromatic carbocycles. The maximum atomic E-state index is 13.8. The molecule has 1 aliphatic rings. The molecule has 1 aromatic rings. The Labute approximate surface area is 89.3 Å². The molecule has 0 aliphatic heterocycles. The average Bonchev–Trinajstić information content (AvgIpc) is 2.16. The summed E-state index contributed by atoms with van der Waals surface area (Å²) in [6.07, 6.45) is 1.40. The van der Waals surface area contributed by atoms with Crippen molar-refractivity contribution in [3.8, 4) is 0 Å². The molecular formula is C13H16F2. The van der Waals surface area contributed by atoms with Gasteiger partial charge >= 0.3 is 0 Å². The summed E-state index contributed by atoms with van der Waals surface area (Å²) in [5.74, 6) is -2.45. The fraction of sp³-hybridized carbons (Fsp3) is 0.538. The van der Waals surface area contributed by atoms with E-state index in [-0.39, 0.29) is 12.3 Å². The molecule has 82 valence electrons. The van der Waals surface area contributed by atoms with Gasteiger partial charge in [0.15, 0.2) is 0 Å². The first-order chi connectivity index (χ1) is 7.02. The van der Waals surface area contributed by atoms with Crippen LogP contribution in [0.1, 0.15) is 49.3 Å². The van der Waals surface area contributed by atoms with Gasteiger partial charge in [0.25, 0.3) is 5.92 Å². The summed E-state index contributed by atoms with van der Waals surface area (Å²) in [6.45, 7) is 3.95. The summed E-state index contributed by atoms with van der Waals surface area (Å²) in [6, 6.07) is 5.58. The number of rotatable bonds is 1. The van der Waals surface area contributed by atoms with Gasteiger partial charge in [0.2, 0.25) is 0 Å². The van der Waals surface area contributed by atoms with E-state index < -0.39 is 5.92 Å². The Morgan fingerprint density at radius 3 is 2.67 bits per heavy atom. The highest BCUT2D eigenvalue weighted by molar-refractivity contribution is 5.41. The van der Waals surface area contributed by atoms with Crippen LogP contribution in [0.4, 0.5) is 8.78 Å². The minimum Gasteiger partial charge on any atom is -0.201 e. The van der Waals surface area contributed by atoms with Gasteiger partial charge in [0, 0.05) is 12.0 Å². The Hall–Kier alpha value is -0.920. The quantitative estimate of drug-likeness (QED) is 0.650. The predicted octanol–water partition coefficient (Wildman–Crippen LogP) is 4.24. The molecule has 0 saturated heterocycles. The number of hydrogen-bond donors (Lipinski definition) is 0. The lowest BCUT2D eigenvalue weighted by atomic mass is 9.82. The predicted molar refractivity (Wildman–Crippen MR) is 57.4 cm³/mol. The van der Waals surface area contributed by atoms with Crippen LogP contribution in [0.15, 0.2) is 18.2 Å². The molecule has 0 saturated carbocycles. The Balaban J connectivity index is 2.60. The SMILES string of the molecule is CC(C)c1cccc2c1C(F)(F)CCC2. The van der Waals surface area contributed by atoms with Crippen molar-refractivity contribution in [2.45, 2.75) is 45.0 Å². The van der Waals surface area contributed by atoms with Crippen LogP contribution in [0.2, 0.25) is 0 Å². The van der Waals surface area contributed by atoms with Gasteiger partial charge < -0.3 is 0 Å². The third-order valence-electron chi connectivity index (χ3n) is 3.11. The van der Waals surface area contributed by atoms with Crippen LogP contribution in [0.3, 0.4) is 0 Å². The molecule has 0 fully saturated rings. The van der Waals surface area contributed by atoms with Crippen LogP contribution in [0, 0.1) is 0 Å². The molecule has 15 heavy (non-hydrogen) atoms. The first-order valence-corrected chi connectivity index (χ1v) is 5.52. The largest absolute Gasteiger partial charge is 0.273 e. The van der Waals surface area contributed by atoms with E-state index in [1.165, 1.54) is 0 Å². The lowest BCUT2D eigenvalue weighted by Crippen LogP contribution is -2.23. The minimum atomic E-state index is -2.62. The van der Waals surface area contributed by atoms with Crippen LogP contribution < -0.4 is 0 Å². The normalized spacial score (nSPS) is 19.0. The van der Waals surface area contributed by atoms with Gasteiger partial charge in [-0.3, -0.25) is 0 Å². The minimum absolute atomic E-state index is 0.00370. The number of fused-ring (bicyclic) bond motifs is 1. The van der Waals surface area contributed by atoms with Gasteiger partial charge in [0.1, 0.15) is 0 Å². The Bertz CT molecular complexity index is 367. The summed E-state index contributed by atoms with van der Waals surface area (Å²) < 4.78 is 27.6. The van der Waals surface area contributed by atoms with Gasteiger partial charge in [-0.1, -0.05) is 32.0 Å². The lowest BCUT2D eigenvalue weighted by Gasteiger charge is -2.28. The van der Waals surface area contributed by atoms with Crippen molar-refractivity contribution in [3.05, 3.63) is 34.9 Å². The lowest BCUT2D eigenvalue weighted by molar-refractivity contribution is -0.0227. The Morgan fingerprint density at radius 1 is 1.27 bits per heavy atom. The highest BCUT2D eigenvalue weighted by atomic mass is 19.3. The molecule has 0 aromatic heterocycles. The molecule has 2 rings (SSSR count). The number of alkyl halides is 2. The van der Waals surface area contributed by atoms with E-state index in [1.54, 1.807) is 0 Å². The van der Waals surface area contributed by atoms with Crippen molar-refractivity contribution in [1.29, 1.82) is 0 Å². The standard InChI is InChI=1S/C13H16F2/c1-9(2)11-7-3-5-10-6-4-8-13(14,15)12(10)11/h3,5,7,9H,4,6,8H2,1-2H3. The molecule has 2 heteroatoms. The summed E-state index contributed by atoms with van der Waals surface area (Å²) in [4.78, 5) is 0. The van der Waals surface area contributed by atoms with E-state index in [4.69, 9.17) is 0 Å². The van der Waals surface area contributed by atoms with Crippen molar-refractivity contribution in [2.75, 3.05) is 0 Å². The summed E-state index contributed by atoms with van der Waals surface area (Å²) in [5.41, 5.74) is 1.97. The number of halogens is 2. The van der Waals surface area contributed by atoms with Crippen molar-refractivity contribution < 1.29 is 8.78 Å². The molecule has 0 nitrogen and oxygen atoms in total. The van der Waals surface area contributed by atoms with Crippen LogP contribution in [0.25, 0.3) is 0 Å². The molecule has 0 bridgehead atoms. The van der Waals surface area contributed by atoms with E-state index in [9.17, 15) is 8.78 Å². The number of hydrogen-bond acceptors (Lipinski definition) is 0. The number of aryl methyl sites for hydroxylation is 1. The monoisotopic (exact) mass is 210 g/mol. The molecule has 0 amide bonds. The second kappa shape index (κ2) is 3.58. The van der Waals surface area contributed by atoms with E-state index in [0.29, 0.717) is 12.0 Å². The van der Waals surface area contributed by atoms with Crippen molar-refractivity contribution >= 4 is 0 Å². The third kappa shape index (κ3) is 1.77. The summed E-state index contributed by atoms with van der Waals surface area (Å²) in [5, 5.41) is 0. The first kappa shape index (κ1) is 10.6. The van der Waals surface area contributed by atoms with Crippen LogP contribution >= 0.6 is 0 Å². The third-order valence-corrected chi connectivity index (χ3v) is 3.11. The maximum Gasteiger partial charge on any atom is 0.273 e. The zero-order chi connectivity index (χ0) is 11.1. The average molecular weight is 210 g/mol. The van der Waals surface area contributed by atoms with Crippen molar-refractivity contribution in [2.24, 2.45) is 0 Å². The molecule has 0 heterocycles. The second-order valence-electron chi connectivity index (χ2n) is 4.59. The van der Waals surface area contributed by atoms with Crippen LogP contribution in [0.5, 0.6) is 0 Å². The highest BCUT2D eigenvalue weighted by Gasteiger charge is 2.38. The first-order valence-electron chi connectivity index (χ1n) is 5.52. The maximum absolute atomic E-state index is 13.8. The van der Waals surface area contributed by atoms with Crippen molar-refractivity contribution in [1.82, 2.24) is 0 Å². The highest BCUT2D eigenvalue weighted by Crippen LogP contribution is 2.43. The number of benzene rings is 1. The fourth-order valence-electron chi connectivity index (χ4n) is 2.38. The molecular weight excluding hydrogens is 194 g/mol. The Morgan fingerprint density at radius 2 is 2.00 bits per heavy atom. The van der Waals surface area contributed by atoms with E-state index >= 15 is 0 Å². The molecule has 0 radical (unpaired) electrons. The molecule has 0 atom stereocenters. The zero-order valence-corrected chi connectivity index (χ0v) is 9.19. The topological polar surface area (TPSA) is 0 Å². The van der Waals surface area contributed by atoms with Crippen LogP contribution in [-0.2, 0) is 12.3 Å². The molecule has 0 unspecified atom stereocenters. The van der Waals surface area contributed by atoms with E-state index in [1.807, 2.05) is 32.0 Å². The van der Waals surface area contributed by atoms with Gasteiger partial charge in [-0.25, -0.2) is 8.78 Å². The molecule has 1 aliphatic carbocycles. The van der Waals surface area contributed by atoms with Gasteiger partial charge in [-0.15, -0.1) is 0 Å². The van der Waals surface area contributed by atoms with Crippen molar-refractivity contribution in [3.63, 3.8) is 0 Å². The second-order valence-corrected chi connectivity index (χ2v) is 4.59. The zero-order valence-electron chi connectivity index (χ0n) is 9.19. The summed E-state index contributed by atoms with van der Waals surface area (Å²) in [7, 11) is 0. The molecule has 0 N–H and O–H groups in total. The molecule has 0 spiro atoms. The smallest absolute Gasteiger partial charge is 0.201 e. The Kier molecular flexibility index (Phi) is 2.53. The van der Waals surface area contributed by atoms with Gasteiger partial charge in [0.05, 0.1) is 0 Å².